The molecule has 1 aliphatic rings. The van der Waals surface area contributed by atoms with Crippen molar-refractivity contribution in [3.05, 3.63) is 70.3 Å². The normalized spacial score (nSPS) is 15.2. The van der Waals surface area contributed by atoms with E-state index in [0.717, 1.165) is 11.1 Å². The van der Waals surface area contributed by atoms with Gasteiger partial charge < -0.3 is 9.26 Å². The van der Waals surface area contributed by atoms with E-state index in [9.17, 15) is 4.39 Å². The molecule has 0 bridgehead atoms. The summed E-state index contributed by atoms with van der Waals surface area (Å²) in [6.45, 7) is 8.10. The van der Waals surface area contributed by atoms with Gasteiger partial charge in [-0.1, -0.05) is 56.6 Å². The topological polar surface area (TPSA) is 48.2 Å². The van der Waals surface area contributed by atoms with Crippen molar-refractivity contribution in [2.45, 2.75) is 39.0 Å². The van der Waals surface area contributed by atoms with E-state index < -0.39 is 5.82 Å². The molecule has 3 aromatic rings. The molecule has 0 radical (unpaired) electrons. The molecule has 0 spiro atoms. The minimum atomic E-state index is -0.423. The van der Waals surface area contributed by atoms with Crippen LogP contribution in [-0.2, 0) is 5.41 Å². The number of hydrogen-bond acceptors (Lipinski definition) is 4. The average molecular weight is 399 g/mol. The van der Waals surface area contributed by atoms with Gasteiger partial charge in [0.15, 0.2) is 5.82 Å². The zero-order valence-electron chi connectivity index (χ0n) is 16.1. The second-order valence-corrected chi connectivity index (χ2v) is 8.16. The Bertz CT molecular complexity index is 1070. The second-order valence-electron chi connectivity index (χ2n) is 7.75. The van der Waals surface area contributed by atoms with E-state index in [4.69, 9.17) is 20.9 Å². The highest BCUT2D eigenvalue weighted by Gasteiger charge is 2.31. The fourth-order valence-corrected chi connectivity index (χ4v) is 3.52. The third-order valence-corrected chi connectivity index (χ3v) is 5.12. The van der Waals surface area contributed by atoms with Crippen molar-refractivity contribution in [2.24, 2.45) is 0 Å². The van der Waals surface area contributed by atoms with Crippen molar-refractivity contribution < 1.29 is 13.7 Å². The molecule has 0 amide bonds. The number of rotatable bonds is 3. The van der Waals surface area contributed by atoms with Crippen LogP contribution < -0.4 is 4.74 Å². The van der Waals surface area contributed by atoms with Crippen LogP contribution in [0.2, 0.25) is 5.02 Å². The Labute approximate surface area is 168 Å². The van der Waals surface area contributed by atoms with Crippen LogP contribution >= 0.6 is 11.6 Å². The zero-order valence-corrected chi connectivity index (χ0v) is 16.8. The van der Waals surface area contributed by atoms with Gasteiger partial charge >= 0.3 is 0 Å². The summed E-state index contributed by atoms with van der Waals surface area (Å²) >= 11 is 6.25. The Morgan fingerprint density at radius 3 is 2.61 bits per heavy atom. The SMILES string of the molecule is CC(C)c1noc(-c2ccc3c(c2)OC(c2c(F)cccc2Cl)=CC3(C)C)n1. The molecule has 0 N–H and O–H groups in total. The average Bonchev–Trinajstić information content (AvgIpc) is 3.11. The van der Waals surface area contributed by atoms with Crippen LogP contribution in [0.1, 0.15) is 50.6 Å². The maximum Gasteiger partial charge on any atom is 0.258 e. The lowest BCUT2D eigenvalue weighted by molar-refractivity contribution is 0.418. The second kappa shape index (κ2) is 6.74. The number of allylic oxidation sites excluding steroid dienone is 1. The van der Waals surface area contributed by atoms with E-state index in [-0.39, 0.29) is 16.9 Å². The molecule has 1 aromatic heterocycles. The first-order chi connectivity index (χ1) is 13.3. The number of nitrogens with zero attached hydrogens (tertiary/aromatic N) is 2. The summed E-state index contributed by atoms with van der Waals surface area (Å²) < 4.78 is 25.9. The maximum absolute atomic E-state index is 14.4. The molecule has 0 atom stereocenters. The molecule has 28 heavy (non-hydrogen) atoms. The van der Waals surface area contributed by atoms with E-state index in [0.29, 0.717) is 28.2 Å². The lowest BCUT2D eigenvalue weighted by Gasteiger charge is -2.31. The fraction of sp³-hybridized carbons (Fsp3) is 0.273. The van der Waals surface area contributed by atoms with Gasteiger partial charge in [-0.15, -0.1) is 0 Å². The van der Waals surface area contributed by atoms with Crippen molar-refractivity contribution in [1.29, 1.82) is 0 Å². The van der Waals surface area contributed by atoms with E-state index in [1.807, 2.05) is 52.0 Å². The Balaban J connectivity index is 1.78. The third kappa shape index (κ3) is 3.20. The summed E-state index contributed by atoms with van der Waals surface area (Å²) in [6.07, 6.45) is 1.89. The van der Waals surface area contributed by atoms with Crippen LogP contribution in [0.25, 0.3) is 17.2 Å². The summed E-state index contributed by atoms with van der Waals surface area (Å²) in [5.74, 6) is 1.83. The number of aromatic nitrogens is 2. The maximum atomic E-state index is 14.4. The highest BCUT2D eigenvalue weighted by Crippen LogP contribution is 2.44. The molecule has 0 aliphatic carbocycles. The van der Waals surface area contributed by atoms with Gasteiger partial charge in [0, 0.05) is 22.5 Å². The first kappa shape index (κ1) is 18.7. The minimum Gasteiger partial charge on any atom is -0.457 e. The van der Waals surface area contributed by atoms with Gasteiger partial charge in [-0.05, 0) is 30.3 Å². The summed E-state index contributed by atoms with van der Waals surface area (Å²) in [5.41, 5.74) is 1.62. The molecule has 4 rings (SSSR count). The Hall–Kier alpha value is -2.66. The molecule has 1 aliphatic heterocycles. The van der Waals surface area contributed by atoms with Crippen LogP contribution in [-0.4, -0.2) is 10.1 Å². The van der Waals surface area contributed by atoms with Crippen molar-refractivity contribution in [1.82, 2.24) is 10.1 Å². The van der Waals surface area contributed by atoms with Crippen LogP contribution in [0.5, 0.6) is 5.75 Å². The summed E-state index contributed by atoms with van der Waals surface area (Å²) in [7, 11) is 0. The van der Waals surface area contributed by atoms with Crippen LogP contribution in [0.3, 0.4) is 0 Å². The summed E-state index contributed by atoms with van der Waals surface area (Å²) in [5, 5.41) is 4.32. The first-order valence-electron chi connectivity index (χ1n) is 9.10. The van der Waals surface area contributed by atoms with E-state index >= 15 is 0 Å². The van der Waals surface area contributed by atoms with Crippen LogP contribution in [0.4, 0.5) is 4.39 Å². The van der Waals surface area contributed by atoms with Crippen molar-refractivity contribution >= 4 is 17.4 Å². The molecular formula is C22H20ClFN2O2. The standard InChI is InChI=1S/C22H20ClFN2O2/c1-12(2)20-25-21(28-26-20)13-8-9-14-17(10-13)27-18(11-22(14,3)4)19-15(23)6-5-7-16(19)24/h5-12H,1-4H3. The van der Waals surface area contributed by atoms with Gasteiger partial charge in [0.2, 0.25) is 0 Å². The lowest BCUT2D eigenvalue weighted by Crippen LogP contribution is -2.21. The van der Waals surface area contributed by atoms with E-state index in [1.54, 1.807) is 12.1 Å². The van der Waals surface area contributed by atoms with E-state index in [2.05, 4.69) is 10.1 Å². The van der Waals surface area contributed by atoms with Gasteiger partial charge in [0.1, 0.15) is 17.3 Å². The number of fused-ring (bicyclic) bond motifs is 1. The Kier molecular flexibility index (Phi) is 4.50. The molecular weight excluding hydrogens is 379 g/mol. The van der Waals surface area contributed by atoms with E-state index in [1.165, 1.54) is 6.07 Å². The molecule has 4 nitrogen and oxygen atoms in total. The van der Waals surface area contributed by atoms with Crippen molar-refractivity contribution in [3.8, 4) is 17.2 Å². The van der Waals surface area contributed by atoms with Crippen LogP contribution in [0, 0.1) is 5.82 Å². The van der Waals surface area contributed by atoms with Crippen molar-refractivity contribution in [2.75, 3.05) is 0 Å². The predicted octanol–water partition coefficient (Wildman–Crippen LogP) is 6.36. The third-order valence-electron chi connectivity index (χ3n) is 4.80. The quantitative estimate of drug-likeness (QED) is 0.514. The van der Waals surface area contributed by atoms with Gasteiger partial charge in [-0.25, -0.2) is 4.39 Å². The molecule has 0 saturated heterocycles. The van der Waals surface area contributed by atoms with Gasteiger partial charge in [-0.2, -0.15) is 4.98 Å². The minimum absolute atomic E-state index is 0.169. The molecule has 0 saturated carbocycles. The highest BCUT2D eigenvalue weighted by molar-refractivity contribution is 6.32. The number of ether oxygens (including phenoxy) is 1. The summed E-state index contributed by atoms with van der Waals surface area (Å²) in [4.78, 5) is 4.44. The molecule has 144 valence electrons. The van der Waals surface area contributed by atoms with Crippen LogP contribution in [0.15, 0.2) is 47.0 Å². The largest absolute Gasteiger partial charge is 0.457 e. The number of halogens is 2. The smallest absolute Gasteiger partial charge is 0.258 e. The first-order valence-corrected chi connectivity index (χ1v) is 9.47. The van der Waals surface area contributed by atoms with Gasteiger partial charge in [0.25, 0.3) is 5.89 Å². The number of benzene rings is 2. The lowest BCUT2D eigenvalue weighted by atomic mass is 9.81. The van der Waals surface area contributed by atoms with Crippen molar-refractivity contribution in [3.63, 3.8) is 0 Å². The fourth-order valence-electron chi connectivity index (χ4n) is 3.27. The number of hydrogen-bond donors (Lipinski definition) is 0. The zero-order chi connectivity index (χ0) is 20.1. The molecule has 2 aromatic carbocycles. The molecule has 6 heteroatoms. The molecule has 0 fully saturated rings. The molecule has 2 heterocycles. The molecule has 0 unspecified atom stereocenters. The Morgan fingerprint density at radius 1 is 1.14 bits per heavy atom. The predicted molar refractivity (Wildman–Crippen MR) is 107 cm³/mol. The highest BCUT2D eigenvalue weighted by atomic mass is 35.5. The monoisotopic (exact) mass is 398 g/mol. The van der Waals surface area contributed by atoms with Gasteiger partial charge in [-0.3, -0.25) is 0 Å². The Morgan fingerprint density at radius 2 is 1.93 bits per heavy atom. The summed E-state index contributed by atoms with van der Waals surface area (Å²) in [6, 6.07) is 10.3. The van der Waals surface area contributed by atoms with Gasteiger partial charge in [0.05, 0.1) is 10.6 Å².